The van der Waals surface area contributed by atoms with Crippen molar-refractivity contribution < 1.29 is 14.3 Å². The van der Waals surface area contributed by atoms with Crippen LogP contribution in [0.2, 0.25) is 0 Å². The fourth-order valence-corrected chi connectivity index (χ4v) is 2.73. The van der Waals surface area contributed by atoms with Crippen molar-refractivity contribution in [1.82, 2.24) is 0 Å². The molecule has 0 radical (unpaired) electrons. The van der Waals surface area contributed by atoms with Crippen molar-refractivity contribution >= 4 is 23.2 Å². The molecule has 0 aliphatic rings. The van der Waals surface area contributed by atoms with E-state index in [9.17, 15) is 9.59 Å². The maximum atomic E-state index is 12.3. The van der Waals surface area contributed by atoms with Gasteiger partial charge in [-0.1, -0.05) is 38.1 Å². The van der Waals surface area contributed by atoms with Crippen LogP contribution < -0.4 is 15.4 Å². The van der Waals surface area contributed by atoms with Crippen molar-refractivity contribution in [2.75, 3.05) is 17.7 Å². The summed E-state index contributed by atoms with van der Waals surface area (Å²) in [6, 6.07) is 13.3. The summed E-state index contributed by atoms with van der Waals surface area (Å²) in [7, 11) is 1.53. The number of hydrogen-bond acceptors (Lipinski definition) is 3. The van der Waals surface area contributed by atoms with Gasteiger partial charge in [0.1, 0.15) is 5.75 Å². The fraction of sp³-hybridized carbons (Fsp3) is 0.333. The highest BCUT2D eigenvalue weighted by molar-refractivity contribution is 5.95. The molecule has 2 N–H and O–H groups in total. The smallest absolute Gasteiger partial charge is 0.228 e. The third-order valence-electron chi connectivity index (χ3n) is 3.83. The molecular formula is C21H26N2O3. The van der Waals surface area contributed by atoms with Gasteiger partial charge in [0.05, 0.1) is 19.2 Å². The molecule has 0 fully saturated rings. The quantitative estimate of drug-likeness (QED) is 0.789. The van der Waals surface area contributed by atoms with Crippen molar-refractivity contribution in [3.63, 3.8) is 0 Å². The van der Waals surface area contributed by atoms with Gasteiger partial charge in [0.15, 0.2) is 0 Å². The molecule has 0 saturated heterocycles. The summed E-state index contributed by atoms with van der Waals surface area (Å²) in [5.74, 6) is 0.838. The van der Waals surface area contributed by atoms with E-state index in [1.165, 1.54) is 19.6 Å². The maximum Gasteiger partial charge on any atom is 0.228 e. The molecule has 5 nitrogen and oxygen atoms in total. The molecule has 0 atom stereocenters. The largest absolute Gasteiger partial charge is 0.495 e. The lowest BCUT2D eigenvalue weighted by Gasteiger charge is -2.12. The number of methoxy groups -OCH3 is 1. The van der Waals surface area contributed by atoms with Crippen LogP contribution in [0.25, 0.3) is 0 Å². The van der Waals surface area contributed by atoms with E-state index in [1.807, 2.05) is 12.1 Å². The Morgan fingerprint density at radius 1 is 1.00 bits per heavy atom. The van der Waals surface area contributed by atoms with Gasteiger partial charge in [0.2, 0.25) is 11.8 Å². The molecule has 138 valence electrons. The van der Waals surface area contributed by atoms with Crippen molar-refractivity contribution in [1.29, 1.82) is 0 Å². The number of ether oxygens (including phenoxy) is 1. The Morgan fingerprint density at radius 2 is 1.65 bits per heavy atom. The Morgan fingerprint density at radius 3 is 2.23 bits per heavy atom. The van der Waals surface area contributed by atoms with Gasteiger partial charge in [-0.2, -0.15) is 0 Å². The molecule has 0 heterocycles. The number of rotatable bonds is 7. The summed E-state index contributed by atoms with van der Waals surface area (Å²) in [6.45, 7) is 5.80. The van der Waals surface area contributed by atoms with Gasteiger partial charge in [-0.05, 0) is 41.7 Å². The third kappa shape index (κ3) is 5.92. The minimum Gasteiger partial charge on any atom is -0.495 e. The van der Waals surface area contributed by atoms with E-state index >= 15 is 0 Å². The molecule has 2 rings (SSSR count). The second-order valence-corrected chi connectivity index (χ2v) is 6.74. The highest BCUT2D eigenvalue weighted by atomic mass is 16.5. The molecule has 2 aromatic rings. The number of anilines is 2. The van der Waals surface area contributed by atoms with Crippen molar-refractivity contribution in [3.05, 3.63) is 53.6 Å². The minimum absolute atomic E-state index is 0.111. The van der Waals surface area contributed by atoms with Gasteiger partial charge in [-0.25, -0.2) is 0 Å². The van der Waals surface area contributed by atoms with E-state index in [-0.39, 0.29) is 11.8 Å². The lowest BCUT2D eigenvalue weighted by Crippen LogP contribution is -2.15. The van der Waals surface area contributed by atoms with Gasteiger partial charge in [0.25, 0.3) is 0 Å². The Bertz CT molecular complexity index is 767. The zero-order valence-corrected chi connectivity index (χ0v) is 15.8. The highest BCUT2D eigenvalue weighted by Crippen LogP contribution is 2.27. The highest BCUT2D eigenvalue weighted by Gasteiger charge is 2.09. The van der Waals surface area contributed by atoms with E-state index in [2.05, 4.69) is 36.6 Å². The van der Waals surface area contributed by atoms with Gasteiger partial charge in [-0.3, -0.25) is 9.59 Å². The first kappa shape index (κ1) is 19.5. The standard InChI is InChI=1S/C21H26N2O3/c1-14(2)11-16-5-7-17(8-6-16)12-21(25)23-18-9-10-20(26-4)19(13-18)22-15(3)24/h5-10,13-14H,11-12H2,1-4H3,(H,22,24)(H,23,25). The number of nitrogens with one attached hydrogen (secondary N) is 2. The van der Waals surface area contributed by atoms with E-state index < -0.39 is 0 Å². The summed E-state index contributed by atoms with van der Waals surface area (Å²) < 4.78 is 5.21. The molecule has 0 spiro atoms. The third-order valence-corrected chi connectivity index (χ3v) is 3.83. The molecule has 0 unspecified atom stereocenters. The van der Waals surface area contributed by atoms with Crippen LogP contribution in [-0.2, 0) is 22.4 Å². The summed E-state index contributed by atoms with van der Waals surface area (Å²) in [5, 5.41) is 5.55. The molecule has 2 aromatic carbocycles. The maximum absolute atomic E-state index is 12.3. The van der Waals surface area contributed by atoms with E-state index in [4.69, 9.17) is 4.74 Å². The Labute approximate surface area is 154 Å². The first-order chi connectivity index (χ1) is 12.4. The number of amides is 2. The summed E-state index contributed by atoms with van der Waals surface area (Å²) in [5.41, 5.74) is 3.37. The summed E-state index contributed by atoms with van der Waals surface area (Å²) >= 11 is 0. The van der Waals surface area contributed by atoms with Crippen LogP contribution in [0.5, 0.6) is 5.75 Å². The van der Waals surface area contributed by atoms with Crippen molar-refractivity contribution in [3.8, 4) is 5.75 Å². The molecule has 2 amide bonds. The zero-order chi connectivity index (χ0) is 19.1. The first-order valence-electron chi connectivity index (χ1n) is 8.70. The zero-order valence-electron chi connectivity index (χ0n) is 15.8. The van der Waals surface area contributed by atoms with E-state index in [0.717, 1.165) is 12.0 Å². The molecule has 5 heteroatoms. The lowest BCUT2D eigenvalue weighted by molar-refractivity contribution is -0.115. The predicted molar refractivity (Wildman–Crippen MR) is 105 cm³/mol. The van der Waals surface area contributed by atoms with Crippen molar-refractivity contribution in [2.24, 2.45) is 5.92 Å². The summed E-state index contributed by atoms with van der Waals surface area (Å²) in [4.78, 5) is 23.6. The Balaban J connectivity index is 2.02. The van der Waals surface area contributed by atoms with Crippen LogP contribution >= 0.6 is 0 Å². The number of carbonyl (C=O) groups is 2. The summed E-state index contributed by atoms with van der Waals surface area (Å²) in [6.07, 6.45) is 1.33. The monoisotopic (exact) mass is 354 g/mol. The lowest BCUT2D eigenvalue weighted by atomic mass is 10.0. The van der Waals surface area contributed by atoms with Gasteiger partial charge in [-0.15, -0.1) is 0 Å². The van der Waals surface area contributed by atoms with Crippen LogP contribution in [-0.4, -0.2) is 18.9 Å². The van der Waals surface area contributed by atoms with Gasteiger partial charge >= 0.3 is 0 Å². The van der Waals surface area contributed by atoms with Crippen molar-refractivity contribution in [2.45, 2.75) is 33.6 Å². The average Bonchev–Trinajstić information content (AvgIpc) is 2.56. The molecule has 0 bridgehead atoms. The number of carbonyl (C=O) groups excluding carboxylic acids is 2. The number of hydrogen-bond donors (Lipinski definition) is 2. The average molecular weight is 354 g/mol. The first-order valence-corrected chi connectivity index (χ1v) is 8.70. The van der Waals surface area contributed by atoms with Crippen LogP contribution in [0.4, 0.5) is 11.4 Å². The number of benzene rings is 2. The van der Waals surface area contributed by atoms with E-state index in [0.29, 0.717) is 29.5 Å². The molecule has 0 saturated carbocycles. The van der Waals surface area contributed by atoms with Crippen LogP contribution in [0, 0.1) is 5.92 Å². The fourth-order valence-electron chi connectivity index (χ4n) is 2.73. The normalized spacial score (nSPS) is 10.5. The van der Waals surface area contributed by atoms with Gasteiger partial charge in [0, 0.05) is 12.6 Å². The SMILES string of the molecule is COc1ccc(NC(=O)Cc2ccc(CC(C)C)cc2)cc1NC(C)=O. The Hall–Kier alpha value is -2.82. The second kappa shape index (κ2) is 9.04. The molecular weight excluding hydrogens is 328 g/mol. The van der Waals surface area contributed by atoms with Crippen LogP contribution in [0.3, 0.4) is 0 Å². The van der Waals surface area contributed by atoms with Crippen LogP contribution in [0.15, 0.2) is 42.5 Å². The minimum atomic E-state index is -0.201. The predicted octanol–water partition coefficient (Wildman–Crippen LogP) is 4.03. The van der Waals surface area contributed by atoms with E-state index in [1.54, 1.807) is 18.2 Å². The second-order valence-electron chi connectivity index (χ2n) is 6.74. The molecule has 0 aromatic heterocycles. The molecule has 0 aliphatic carbocycles. The topological polar surface area (TPSA) is 67.4 Å². The Kier molecular flexibility index (Phi) is 6.78. The van der Waals surface area contributed by atoms with Gasteiger partial charge < -0.3 is 15.4 Å². The molecule has 26 heavy (non-hydrogen) atoms. The van der Waals surface area contributed by atoms with Crippen LogP contribution in [0.1, 0.15) is 31.9 Å². The molecule has 0 aliphatic heterocycles.